The minimum absolute atomic E-state index is 0. The van der Waals surface area contributed by atoms with Crippen molar-refractivity contribution in [1.29, 1.82) is 0 Å². The van der Waals surface area contributed by atoms with Crippen LogP contribution < -0.4 is 10.5 Å². The van der Waals surface area contributed by atoms with E-state index in [1.165, 1.54) is 17.2 Å². The van der Waals surface area contributed by atoms with E-state index in [-0.39, 0.29) is 18.2 Å². The van der Waals surface area contributed by atoms with Crippen LogP contribution in [0.4, 0.5) is 5.69 Å². The molecule has 0 bridgehead atoms. The van der Waals surface area contributed by atoms with Gasteiger partial charge in [0.25, 0.3) is 0 Å². The molecule has 0 fully saturated rings. The lowest BCUT2D eigenvalue weighted by molar-refractivity contribution is 0.467. The lowest BCUT2D eigenvalue weighted by Crippen LogP contribution is -1.90. The van der Waals surface area contributed by atoms with Crippen molar-refractivity contribution in [2.75, 3.05) is 5.73 Å². The van der Waals surface area contributed by atoms with Crippen molar-refractivity contribution in [3.63, 3.8) is 0 Å². The second kappa shape index (κ2) is 7.56. The highest BCUT2D eigenvalue weighted by molar-refractivity contribution is 5.85. The molecule has 0 saturated heterocycles. The minimum Gasteiger partial charge on any atom is -0.506 e. The summed E-state index contributed by atoms with van der Waals surface area (Å²) in [6, 6.07) is 23.1. The number of benzene rings is 3. The molecule has 0 spiro atoms. The number of anilines is 1. The molecule has 0 atom stereocenters. The van der Waals surface area contributed by atoms with Gasteiger partial charge in [0.1, 0.15) is 17.2 Å². The fourth-order valence-corrected chi connectivity index (χ4v) is 2.24. The average Bonchev–Trinajstić information content (AvgIpc) is 2.54. The Kier molecular flexibility index (Phi) is 5.50. The molecular weight excluding hydrogens is 310 g/mol. The van der Waals surface area contributed by atoms with Crippen LogP contribution in [-0.4, -0.2) is 5.11 Å². The van der Waals surface area contributed by atoms with E-state index >= 15 is 0 Å². The van der Waals surface area contributed by atoms with Gasteiger partial charge in [0.2, 0.25) is 0 Å². The van der Waals surface area contributed by atoms with Gasteiger partial charge in [0.15, 0.2) is 0 Å². The summed E-state index contributed by atoms with van der Waals surface area (Å²) in [6.07, 6.45) is 0.896. The Morgan fingerprint density at radius 1 is 0.783 bits per heavy atom. The predicted molar refractivity (Wildman–Crippen MR) is 95.5 cm³/mol. The van der Waals surface area contributed by atoms with E-state index in [2.05, 4.69) is 12.1 Å². The summed E-state index contributed by atoms with van der Waals surface area (Å²) in [6.45, 7) is 0. The second-order valence-electron chi connectivity index (χ2n) is 5.13. The van der Waals surface area contributed by atoms with E-state index in [0.717, 1.165) is 12.2 Å². The van der Waals surface area contributed by atoms with Gasteiger partial charge in [-0.15, -0.1) is 12.4 Å². The van der Waals surface area contributed by atoms with Gasteiger partial charge < -0.3 is 15.6 Å². The summed E-state index contributed by atoms with van der Waals surface area (Å²) >= 11 is 0. The van der Waals surface area contributed by atoms with Crippen molar-refractivity contribution in [2.45, 2.75) is 6.42 Å². The van der Waals surface area contributed by atoms with Crippen LogP contribution >= 0.6 is 12.4 Å². The van der Waals surface area contributed by atoms with Gasteiger partial charge >= 0.3 is 0 Å². The third-order valence-electron chi connectivity index (χ3n) is 3.41. The predicted octanol–water partition coefficient (Wildman–Crippen LogP) is 4.78. The number of rotatable bonds is 4. The lowest BCUT2D eigenvalue weighted by Gasteiger charge is -2.08. The van der Waals surface area contributed by atoms with Crippen LogP contribution in [-0.2, 0) is 6.42 Å². The highest BCUT2D eigenvalue weighted by Crippen LogP contribution is 2.28. The van der Waals surface area contributed by atoms with Gasteiger partial charge in [-0.25, -0.2) is 0 Å². The minimum atomic E-state index is 0. The summed E-state index contributed by atoms with van der Waals surface area (Å²) in [5, 5.41) is 9.41. The molecule has 0 unspecified atom stereocenters. The van der Waals surface area contributed by atoms with Crippen molar-refractivity contribution in [3.8, 4) is 17.2 Å². The Morgan fingerprint density at radius 2 is 1.39 bits per heavy atom. The number of phenols is 1. The van der Waals surface area contributed by atoms with Gasteiger partial charge in [-0.3, -0.25) is 0 Å². The first-order valence-corrected chi connectivity index (χ1v) is 7.10. The molecule has 0 aliphatic heterocycles. The SMILES string of the molecule is Cl.Nc1cc(Oc2ccc(Cc3ccccc3)cc2)ccc1O. The zero-order chi connectivity index (χ0) is 15.4. The Morgan fingerprint density at radius 3 is 2.04 bits per heavy atom. The molecular formula is C19H18ClNO2. The van der Waals surface area contributed by atoms with Gasteiger partial charge in [0, 0.05) is 6.07 Å². The smallest absolute Gasteiger partial charge is 0.138 e. The van der Waals surface area contributed by atoms with Crippen LogP contribution in [0.1, 0.15) is 11.1 Å². The number of hydrogen-bond donors (Lipinski definition) is 2. The monoisotopic (exact) mass is 327 g/mol. The van der Waals surface area contributed by atoms with E-state index in [1.807, 2.05) is 42.5 Å². The van der Waals surface area contributed by atoms with E-state index in [0.29, 0.717) is 11.4 Å². The van der Waals surface area contributed by atoms with Crippen LogP contribution in [0.3, 0.4) is 0 Å². The molecule has 3 N–H and O–H groups in total. The number of halogens is 1. The molecule has 0 amide bonds. The highest BCUT2D eigenvalue weighted by Gasteiger charge is 2.02. The molecule has 4 heteroatoms. The first-order chi connectivity index (χ1) is 10.7. The number of nitrogen functional groups attached to an aromatic ring is 1. The quantitative estimate of drug-likeness (QED) is 0.535. The molecule has 0 radical (unpaired) electrons. The lowest BCUT2D eigenvalue weighted by atomic mass is 10.1. The van der Waals surface area contributed by atoms with Gasteiger partial charge in [-0.1, -0.05) is 42.5 Å². The second-order valence-corrected chi connectivity index (χ2v) is 5.13. The highest BCUT2D eigenvalue weighted by atomic mass is 35.5. The number of hydrogen-bond acceptors (Lipinski definition) is 3. The summed E-state index contributed by atoms with van der Waals surface area (Å²) in [7, 11) is 0. The summed E-state index contributed by atoms with van der Waals surface area (Å²) in [5.41, 5.74) is 8.46. The van der Waals surface area contributed by atoms with Crippen molar-refractivity contribution < 1.29 is 9.84 Å². The van der Waals surface area contributed by atoms with Crippen molar-refractivity contribution in [2.24, 2.45) is 0 Å². The van der Waals surface area contributed by atoms with Crippen molar-refractivity contribution in [3.05, 3.63) is 83.9 Å². The zero-order valence-corrected chi connectivity index (χ0v) is 13.3. The maximum atomic E-state index is 9.41. The van der Waals surface area contributed by atoms with Crippen LogP contribution in [0.25, 0.3) is 0 Å². The van der Waals surface area contributed by atoms with Crippen molar-refractivity contribution >= 4 is 18.1 Å². The maximum absolute atomic E-state index is 9.41. The van der Waals surface area contributed by atoms with Gasteiger partial charge in [0.05, 0.1) is 5.69 Å². The molecule has 118 valence electrons. The van der Waals surface area contributed by atoms with E-state index in [9.17, 15) is 5.11 Å². The molecule has 0 aliphatic rings. The first-order valence-electron chi connectivity index (χ1n) is 7.10. The maximum Gasteiger partial charge on any atom is 0.138 e. The molecule has 3 nitrogen and oxygen atoms in total. The molecule has 0 aromatic heterocycles. The normalized spacial score (nSPS) is 9.91. The van der Waals surface area contributed by atoms with Crippen molar-refractivity contribution in [1.82, 2.24) is 0 Å². The number of ether oxygens (including phenoxy) is 1. The molecule has 3 aromatic carbocycles. The van der Waals surface area contributed by atoms with Gasteiger partial charge in [-0.2, -0.15) is 0 Å². The third-order valence-corrected chi connectivity index (χ3v) is 3.41. The Balaban J connectivity index is 0.00000192. The van der Waals surface area contributed by atoms with E-state index in [1.54, 1.807) is 12.1 Å². The topological polar surface area (TPSA) is 55.5 Å². The summed E-state index contributed by atoms with van der Waals surface area (Å²) in [4.78, 5) is 0. The van der Waals surface area contributed by atoms with Crippen LogP contribution in [0.5, 0.6) is 17.2 Å². The largest absolute Gasteiger partial charge is 0.506 e. The third kappa shape index (κ3) is 4.41. The average molecular weight is 328 g/mol. The number of aromatic hydroxyl groups is 1. The van der Waals surface area contributed by atoms with E-state index < -0.39 is 0 Å². The van der Waals surface area contributed by atoms with Crippen LogP contribution in [0.15, 0.2) is 72.8 Å². The molecule has 3 rings (SSSR count). The zero-order valence-electron chi connectivity index (χ0n) is 12.5. The van der Waals surface area contributed by atoms with Gasteiger partial charge in [-0.05, 0) is 41.8 Å². The molecule has 0 saturated carbocycles. The Labute approximate surface area is 141 Å². The fraction of sp³-hybridized carbons (Fsp3) is 0.0526. The first kappa shape index (κ1) is 16.7. The Hall–Kier alpha value is -2.65. The molecule has 23 heavy (non-hydrogen) atoms. The summed E-state index contributed by atoms with van der Waals surface area (Å²) in [5.74, 6) is 1.40. The summed E-state index contributed by atoms with van der Waals surface area (Å²) < 4.78 is 5.73. The Bertz CT molecular complexity index is 758. The number of nitrogens with two attached hydrogens (primary N) is 1. The fourth-order valence-electron chi connectivity index (χ4n) is 2.24. The van der Waals surface area contributed by atoms with Crippen LogP contribution in [0.2, 0.25) is 0 Å². The van der Waals surface area contributed by atoms with Crippen LogP contribution in [0, 0.1) is 0 Å². The number of phenolic OH excluding ortho intramolecular Hbond substituents is 1. The molecule has 0 aliphatic carbocycles. The molecule has 3 aromatic rings. The standard InChI is InChI=1S/C19H17NO2.ClH/c20-18-13-17(10-11-19(18)21)22-16-8-6-15(7-9-16)12-14-4-2-1-3-5-14;/h1-11,13,21H,12,20H2;1H. The molecule has 0 heterocycles. The van der Waals surface area contributed by atoms with E-state index in [4.69, 9.17) is 10.5 Å².